The molecule has 0 bridgehead atoms. The number of carbonyl (C=O) groups excluding carboxylic acids is 2. The van der Waals surface area contributed by atoms with Crippen molar-refractivity contribution in [1.82, 2.24) is 0 Å². The Labute approximate surface area is 94.2 Å². The molecule has 0 N–H and O–H groups in total. The second-order valence-electron chi connectivity index (χ2n) is 3.42. The van der Waals surface area contributed by atoms with E-state index < -0.39 is 5.97 Å². The third kappa shape index (κ3) is 4.59. The molecule has 0 amide bonds. The van der Waals surface area contributed by atoms with E-state index in [2.05, 4.69) is 4.74 Å². The predicted molar refractivity (Wildman–Crippen MR) is 58.3 cm³/mol. The molecule has 0 heterocycles. The van der Waals surface area contributed by atoms with Crippen molar-refractivity contribution >= 4 is 11.8 Å². The zero-order valence-electron chi connectivity index (χ0n) is 9.36. The SMILES string of the molecule is CC(=O)OCC(=O)COc1ccc(C)cc1. The second kappa shape index (κ2) is 5.90. The molecule has 4 heteroatoms. The molecule has 0 atom stereocenters. The Balaban J connectivity index is 2.31. The fraction of sp³-hybridized carbons (Fsp3) is 0.333. The van der Waals surface area contributed by atoms with Crippen LogP contribution in [0.2, 0.25) is 0 Å². The second-order valence-corrected chi connectivity index (χ2v) is 3.42. The molecule has 0 fully saturated rings. The first kappa shape index (κ1) is 12.2. The molecule has 0 aliphatic heterocycles. The zero-order valence-corrected chi connectivity index (χ0v) is 9.36. The molecule has 86 valence electrons. The molecule has 16 heavy (non-hydrogen) atoms. The molecule has 0 unspecified atom stereocenters. The number of rotatable bonds is 5. The topological polar surface area (TPSA) is 52.6 Å². The van der Waals surface area contributed by atoms with Gasteiger partial charge in [-0.2, -0.15) is 0 Å². The quantitative estimate of drug-likeness (QED) is 0.708. The fourth-order valence-corrected chi connectivity index (χ4v) is 1.02. The van der Waals surface area contributed by atoms with E-state index in [1.807, 2.05) is 19.1 Å². The predicted octanol–water partition coefficient (Wildman–Crippen LogP) is 1.51. The van der Waals surface area contributed by atoms with E-state index in [0.29, 0.717) is 5.75 Å². The van der Waals surface area contributed by atoms with Gasteiger partial charge < -0.3 is 9.47 Å². The van der Waals surface area contributed by atoms with Gasteiger partial charge in [-0.15, -0.1) is 0 Å². The Morgan fingerprint density at radius 3 is 2.31 bits per heavy atom. The van der Waals surface area contributed by atoms with Crippen LogP contribution in [0.4, 0.5) is 0 Å². The van der Waals surface area contributed by atoms with Crippen molar-refractivity contribution in [2.24, 2.45) is 0 Å². The standard InChI is InChI=1S/C12H14O4/c1-9-3-5-12(6-4-9)16-8-11(14)7-15-10(2)13/h3-6H,7-8H2,1-2H3. The molecule has 0 aromatic heterocycles. The first-order valence-corrected chi connectivity index (χ1v) is 4.92. The normalized spacial score (nSPS) is 9.62. The van der Waals surface area contributed by atoms with Gasteiger partial charge in [0.2, 0.25) is 5.78 Å². The van der Waals surface area contributed by atoms with Crippen molar-refractivity contribution in [3.8, 4) is 5.75 Å². The minimum atomic E-state index is -0.469. The van der Waals surface area contributed by atoms with Crippen molar-refractivity contribution < 1.29 is 19.1 Å². The van der Waals surface area contributed by atoms with Gasteiger partial charge in [0.25, 0.3) is 0 Å². The fourth-order valence-electron chi connectivity index (χ4n) is 1.02. The largest absolute Gasteiger partial charge is 0.486 e. The van der Waals surface area contributed by atoms with Gasteiger partial charge in [0.15, 0.2) is 6.61 Å². The van der Waals surface area contributed by atoms with Gasteiger partial charge in [0.05, 0.1) is 0 Å². The van der Waals surface area contributed by atoms with Gasteiger partial charge in [0.1, 0.15) is 12.4 Å². The minimum absolute atomic E-state index is 0.0870. The summed E-state index contributed by atoms with van der Waals surface area (Å²) in [6.07, 6.45) is 0. The molecule has 4 nitrogen and oxygen atoms in total. The smallest absolute Gasteiger partial charge is 0.303 e. The highest BCUT2D eigenvalue weighted by molar-refractivity contribution is 5.83. The molecule has 0 aliphatic carbocycles. The van der Waals surface area contributed by atoms with E-state index in [4.69, 9.17) is 4.74 Å². The van der Waals surface area contributed by atoms with Crippen LogP contribution in [-0.4, -0.2) is 25.0 Å². The summed E-state index contributed by atoms with van der Waals surface area (Å²) in [6.45, 7) is 2.90. The van der Waals surface area contributed by atoms with E-state index in [-0.39, 0.29) is 19.0 Å². The summed E-state index contributed by atoms with van der Waals surface area (Å²) in [7, 11) is 0. The summed E-state index contributed by atoms with van der Waals surface area (Å²) in [4.78, 5) is 21.6. The summed E-state index contributed by atoms with van der Waals surface area (Å²) in [5.74, 6) is -0.110. The molecule has 0 radical (unpaired) electrons. The highest BCUT2D eigenvalue weighted by Crippen LogP contribution is 2.10. The average Bonchev–Trinajstić information content (AvgIpc) is 2.25. The first-order valence-electron chi connectivity index (χ1n) is 4.92. The van der Waals surface area contributed by atoms with Crippen LogP contribution in [-0.2, 0) is 14.3 Å². The number of carbonyl (C=O) groups is 2. The van der Waals surface area contributed by atoms with E-state index in [1.54, 1.807) is 12.1 Å². The maximum Gasteiger partial charge on any atom is 0.303 e. The average molecular weight is 222 g/mol. The molecular formula is C12H14O4. The van der Waals surface area contributed by atoms with Crippen LogP contribution in [0.3, 0.4) is 0 Å². The number of ketones is 1. The minimum Gasteiger partial charge on any atom is -0.486 e. The third-order valence-electron chi connectivity index (χ3n) is 1.86. The van der Waals surface area contributed by atoms with Crippen LogP contribution in [0.15, 0.2) is 24.3 Å². The van der Waals surface area contributed by atoms with Gasteiger partial charge in [0, 0.05) is 6.92 Å². The van der Waals surface area contributed by atoms with Gasteiger partial charge >= 0.3 is 5.97 Å². The number of ether oxygens (including phenoxy) is 2. The number of hydrogen-bond donors (Lipinski definition) is 0. The Kier molecular flexibility index (Phi) is 4.51. The van der Waals surface area contributed by atoms with Crippen LogP contribution >= 0.6 is 0 Å². The van der Waals surface area contributed by atoms with Crippen LogP contribution < -0.4 is 4.74 Å². The van der Waals surface area contributed by atoms with Crippen molar-refractivity contribution in [2.75, 3.05) is 13.2 Å². The highest BCUT2D eigenvalue weighted by atomic mass is 16.5. The van der Waals surface area contributed by atoms with Gasteiger partial charge in [-0.25, -0.2) is 0 Å². The maximum absolute atomic E-state index is 11.2. The van der Waals surface area contributed by atoms with E-state index in [9.17, 15) is 9.59 Å². The molecular weight excluding hydrogens is 208 g/mol. The zero-order chi connectivity index (χ0) is 12.0. The van der Waals surface area contributed by atoms with Crippen LogP contribution in [0.1, 0.15) is 12.5 Å². The van der Waals surface area contributed by atoms with Crippen molar-refractivity contribution in [1.29, 1.82) is 0 Å². The molecule has 0 spiro atoms. The molecule has 1 aromatic carbocycles. The number of esters is 1. The Morgan fingerprint density at radius 2 is 1.75 bits per heavy atom. The molecule has 0 saturated heterocycles. The molecule has 1 aromatic rings. The molecule has 0 saturated carbocycles. The van der Waals surface area contributed by atoms with Crippen LogP contribution in [0.5, 0.6) is 5.75 Å². The lowest BCUT2D eigenvalue weighted by atomic mass is 10.2. The van der Waals surface area contributed by atoms with E-state index in [1.165, 1.54) is 6.92 Å². The number of aryl methyl sites for hydroxylation is 1. The Hall–Kier alpha value is -1.84. The lowest BCUT2D eigenvalue weighted by molar-refractivity contribution is -0.146. The Morgan fingerprint density at radius 1 is 1.12 bits per heavy atom. The monoisotopic (exact) mass is 222 g/mol. The molecule has 0 aliphatic rings. The number of Topliss-reactive ketones (excluding diaryl/α,β-unsaturated/α-hetero) is 1. The van der Waals surface area contributed by atoms with Crippen molar-refractivity contribution in [3.05, 3.63) is 29.8 Å². The number of benzene rings is 1. The van der Waals surface area contributed by atoms with Gasteiger partial charge in [-0.1, -0.05) is 17.7 Å². The van der Waals surface area contributed by atoms with E-state index >= 15 is 0 Å². The summed E-state index contributed by atoms with van der Waals surface area (Å²) < 4.78 is 9.76. The lowest BCUT2D eigenvalue weighted by Gasteiger charge is -2.05. The third-order valence-corrected chi connectivity index (χ3v) is 1.86. The van der Waals surface area contributed by atoms with Gasteiger partial charge in [-0.05, 0) is 19.1 Å². The van der Waals surface area contributed by atoms with E-state index in [0.717, 1.165) is 5.56 Å². The maximum atomic E-state index is 11.2. The van der Waals surface area contributed by atoms with Crippen molar-refractivity contribution in [2.45, 2.75) is 13.8 Å². The highest BCUT2D eigenvalue weighted by Gasteiger charge is 2.05. The summed E-state index contributed by atoms with van der Waals surface area (Å²) >= 11 is 0. The van der Waals surface area contributed by atoms with Crippen LogP contribution in [0, 0.1) is 6.92 Å². The van der Waals surface area contributed by atoms with Gasteiger partial charge in [-0.3, -0.25) is 9.59 Å². The Bertz CT molecular complexity index is 367. The number of hydrogen-bond acceptors (Lipinski definition) is 4. The summed E-state index contributed by atoms with van der Waals surface area (Å²) in [5, 5.41) is 0. The first-order chi connectivity index (χ1) is 7.58. The lowest BCUT2D eigenvalue weighted by Crippen LogP contribution is -2.18. The summed E-state index contributed by atoms with van der Waals surface area (Å²) in [6, 6.07) is 7.36. The summed E-state index contributed by atoms with van der Waals surface area (Å²) in [5.41, 5.74) is 1.12. The van der Waals surface area contributed by atoms with Crippen LogP contribution in [0.25, 0.3) is 0 Å². The van der Waals surface area contributed by atoms with Crippen molar-refractivity contribution in [3.63, 3.8) is 0 Å². The molecule has 1 rings (SSSR count).